The molecule has 4 rings (SSSR count). The molecule has 0 saturated heterocycles. The Hall–Kier alpha value is -1.13. The predicted molar refractivity (Wildman–Crippen MR) is 108 cm³/mol. The number of nitrogens with zero attached hydrogens (tertiary/aromatic N) is 1. The van der Waals surface area contributed by atoms with Crippen molar-refractivity contribution in [1.29, 1.82) is 0 Å². The van der Waals surface area contributed by atoms with E-state index >= 15 is 0 Å². The largest absolute Gasteiger partial charge is 0.559 e. The maximum absolute atomic E-state index is 12.4. The van der Waals surface area contributed by atoms with Crippen molar-refractivity contribution in [3.8, 4) is 0 Å². The van der Waals surface area contributed by atoms with Gasteiger partial charge in [0.25, 0.3) is 0 Å². The molecule has 0 aliphatic heterocycles. The number of halogens is 6. The van der Waals surface area contributed by atoms with Gasteiger partial charge in [0.15, 0.2) is 0 Å². The molecule has 4 bridgehead atoms. The van der Waals surface area contributed by atoms with E-state index in [1.165, 1.54) is 19.3 Å². The molecule has 4 fully saturated rings. The molecular formula is C18H26F6N2O6S2-2. The zero-order valence-corrected chi connectivity index (χ0v) is 20.0. The number of sulfonamides is 2. The van der Waals surface area contributed by atoms with Crippen LogP contribution in [0.5, 0.6) is 0 Å². The van der Waals surface area contributed by atoms with Crippen molar-refractivity contribution in [2.45, 2.75) is 62.5 Å². The smallest absolute Gasteiger partial charge is 0.397 e. The minimum atomic E-state index is -6.36. The van der Waals surface area contributed by atoms with Crippen molar-refractivity contribution in [2.75, 3.05) is 19.4 Å². The van der Waals surface area contributed by atoms with E-state index in [2.05, 4.69) is 4.72 Å². The normalized spacial score (nSPS) is 29.4. The van der Waals surface area contributed by atoms with Crippen LogP contribution in [0, 0.1) is 23.2 Å². The Bertz CT molecular complexity index is 946. The molecule has 0 aromatic rings. The van der Waals surface area contributed by atoms with Crippen LogP contribution in [0.15, 0.2) is 0 Å². The molecule has 4 aliphatic carbocycles. The summed E-state index contributed by atoms with van der Waals surface area (Å²) in [6.45, 7) is -0.448. The Morgan fingerprint density at radius 1 is 0.971 bits per heavy atom. The summed E-state index contributed by atoms with van der Waals surface area (Å²) in [6.07, 6.45) is 7.83. The van der Waals surface area contributed by atoms with Gasteiger partial charge in [0.05, 0.1) is 22.0 Å². The number of hydrogen-bond donors (Lipinski definition) is 0. The lowest BCUT2D eigenvalue weighted by Crippen LogP contribution is -2.55. The topological polar surface area (TPSA) is 132 Å². The highest BCUT2D eigenvalue weighted by Crippen LogP contribution is 2.60. The first-order chi connectivity index (χ1) is 15.1. The van der Waals surface area contributed by atoms with Gasteiger partial charge < -0.3 is 14.6 Å². The average Bonchev–Trinajstić information content (AvgIpc) is 2.61. The molecule has 0 atom stereocenters. The Morgan fingerprint density at radius 2 is 1.38 bits per heavy atom. The summed E-state index contributed by atoms with van der Waals surface area (Å²) < 4.78 is 123. The second-order valence-corrected chi connectivity index (χ2v) is 12.6. The number of carbonyl (C=O) groups is 1. The summed E-state index contributed by atoms with van der Waals surface area (Å²) in [5.74, 6) is -9.37. The second-order valence-electron chi connectivity index (χ2n) is 9.40. The zero-order valence-electron chi connectivity index (χ0n) is 18.4. The number of carbonyl (C=O) groups excluding carboxylic acids is 1. The monoisotopic (exact) mass is 544 g/mol. The van der Waals surface area contributed by atoms with Crippen molar-refractivity contribution in [1.82, 2.24) is 0 Å². The van der Waals surface area contributed by atoms with Crippen LogP contribution in [0.2, 0.25) is 0 Å². The molecule has 0 unspecified atom stereocenters. The van der Waals surface area contributed by atoms with Crippen molar-refractivity contribution in [3.63, 3.8) is 0 Å². The lowest BCUT2D eigenvalue weighted by Gasteiger charge is -2.55. The molecule has 4 aliphatic rings. The lowest BCUT2D eigenvalue weighted by atomic mass is 9.49. The Morgan fingerprint density at radius 3 is 1.68 bits per heavy atom. The van der Waals surface area contributed by atoms with E-state index in [0.29, 0.717) is 17.8 Å². The van der Waals surface area contributed by atoms with E-state index in [0.717, 1.165) is 25.5 Å². The van der Waals surface area contributed by atoms with Crippen molar-refractivity contribution < 1.29 is 52.7 Å². The van der Waals surface area contributed by atoms with E-state index in [1.54, 1.807) is 0 Å². The number of hydrogen-bond acceptors (Lipinski definition) is 6. The third-order valence-corrected chi connectivity index (χ3v) is 7.96. The zero-order chi connectivity index (χ0) is 26.4. The van der Waals surface area contributed by atoms with Crippen LogP contribution in [0.3, 0.4) is 0 Å². The molecule has 8 nitrogen and oxygen atoms in total. The lowest BCUT2D eigenvalue weighted by molar-refractivity contribution is -0.271. The molecule has 0 aromatic carbocycles. The molecule has 200 valence electrons. The summed E-state index contributed by atoms with van der Waals surface area (Å²) in [6, 6.07) is 0. The van der Waals surface area contributed by atoms with Gasteiger partial charge in [-0.25, -0.2) is 16.8 Å². The fourth-order valence-electron chi connectivity index (χ4n) is 5.28. The van der Waals surface area contributed by atoms with Crippen LogP contribution in [0.1, 0.15) is 45.4 Å². The number of rotatable bonds is 8. The average molecular weight is 545 g/mol. The minimum Gasteiger partial charge on any atom is -0.559 e. The maximum Gasteiger partial charge on any atom is 0.397 e. The molecule has 34 heavy (non-hydrogen) atoms. The van der Waals surface area contributed by atoms with Gasteiger partial charge in [-0.15, -0.1) is 6.54 Å². The molecule has 0 heterocycles. The highest BCUT2D eigenvalue weighted by atomic mass is 32.2. The Kier molecular flexibility index (Phi) is 8.04. The second kappa shape index (κ2) is 9.39. The van der Waals surface area contributed by atoms with E-state index < -0.39 is 44.1 Å². The van der Waals surface area contributed by atoms with Crippen LogP contribution in [-0.4, -0.2) is 59.3 Å². The van der Waals surface area contributed by atoms with Crippen LogP contribution in [0.25, 0.3) is 9.86 Å². The molecule has 0 radical (unpaired) electrons. The van der Waals surface area contributed by atoms with Gasteiger partial charge in [0.2, 0.25) is 0 Å². The number of ether oxygens (including phenoxy) is 1. The quantitative estimate of drug-likeness (QED) is 0.254. The summed E-state index contributed by atoms with van der Waals surface area (Å²) in [7, 11) is -9.69. The van der Waals surface area contributed by atoms with Crippen molar-refractivity contribution in [3.05, 3.63) is 9.86 Å². The molecule has 4 saturated carbocycles. The van der Waals surface area contributed by atoms with Gasteiger partial charge in [-0.3, -0.25) is 4.79 Å². The van der Waals surface area contributed by atoms with Crippen LogP contribution in [-0.2, 0) is 29.6 Å². The summed E-state index contributed by atoms with van der Waals surface area (Å²) >= 11 is 0. The van der Waals surface area contributed by atoms with E-state index in [-0.39, 0.29) is 24.5 Å². The molecular weight excluding hydrogens is 518 g/mol. The van der Waals surface area contributed by atoms with Crippen molar-refractivity contribution >= 4 is 26.0 Å². The summed E-state index contributed by atoms with van der Waals surface area (Å²) in [5, 5.41) is -0.448. The van der Waals surface area contributed by atoms with E-state index in [1.807, 2.05) is 0 Å². The van der Waals surface area contributed by atoms with E-state index in [4.69, 9.17) is 9.88 Å². The molecule has 0 amide bonds. The highest BCUT2D eigenvalue weighted by molar-refractivity contribution is 7.94. The van der Waals surface area contributed by atoms with Gasteiger partial charge in [-0.1, -0.05) is 0 Å². The predicted octanol–water partition coefficient (Wildman–Crippen LogP) is 4.33. The standard InChI is InChI=1S/C14H22NO4S.C4H4F6NO2S/c1-20(17,18)15-2-3-19-13(16)14-7-10-4-11(8-14)6-12(5-10)9-14;1-2(5,6)3(7,8)4(9,10)14(11,12)13/h10-12H,2-9H2,1H3;1H3,(H-,11,12,13)/q2*-1. The summed E-state index contributed by atoms with van der Waals surface area (Å²) in [5.41, 5.74) is -0.264. The fourth-order valence-corrected chi connectivity index (χ4v) is 6.20. The van der Waals surface area contributed by atoms with Crippen LogP contribution in [0.4, 0.5) is 26.3 Å². The first-order valence-corrected chi connectivity index (χ1v) is 13.6. The molecule has 1 N–H and O–H groups in total. The highest BCUT2D eigenvalue weighted by Gasteiger charge is 2.72. The number of nitrogens with one attached hydrogen (secondary N) is 1. The SMILES string of the molecule is CC(F)(F)C(F)(F)C(F)(F)S([NH-])(=O)=O.CS(=O)(=O)[N-]CCOC(=O)C12CC3CC(CC(C3)C1)C2. The van der Waals surface area contributed by atoms with E-state index in [9.17, 15) is 48.0 Å². The Labute approximate surface area is 194 Å². The maximum atomic E-state index is 12.4. The first-order valence-electron chi connectivity index (χ1n) is 10.3. The van der Waals surface area contributed by atoms with Gasteiger partial charge in [-0.2, -0.15) is 26.3 Å². The molecule has 0 aromatic heterocycles. The molecule has 0 spiro atoms. The molecule has 16 heteroatoms. The van der Waals surface area contributed by atoms with Crippen molar-refractivity contribution in [2.24, 2.45) is 23.2 Å². The first kappa shape index (κ1) is 29.1. The minimum absolute atomic E-state index is 0.0386. The summed E-state index contributed by atoms with van der Waals surface area (Å²) in [4.78, 5) is 12.4. The van der Waals surface area contributed by atoms with Gasteiger partial charge in [0.1, 0.15) is 10.0 Å². The number of alkyl halides is 6. The fraction of sp³-hybridized carbons (Fsp3) is 0.944. The van der Waals surface area contributed by atoms with Gasteiger partial charge in [0, 0.05) is 13.2 Å². The Balaban J connectivity index is 0.000000259. The number of esters is 1. The van der Waals surface area contributed by atoms with Gasteiger partial charge in [-0.05, 0) is 56.3 Å². The van der Waals surface area contributed by atoms with Crippen LogP contribution < -0.4 is 0 Å². The van der Waals surface area contributed by atoms with Gasteiger partial charge >= 0.3 is 23.1 Å². The third kappa shape index (κ3) is 6.16. The third-order valence-electron chi connectivity index (χ3n) is 6.38. The van der Waals surface area contributed by atoms with Crippen LogP contribution >= 0.6 is 0 Å².